The van der Waals surface area contributed by atoms with Crippen LogP contribution < -0.4 is 10.9 Å². The van der Waals surface area contributed by atoms with Gasteiger partial charge in [-0.1, -0.05) is 18.2 Å². The van der Waals surface area contributed by atoms with E-state index in [-0.39, 0.29) is 22.9 Å². The highest BCUT2D eigenvalue weighted by Crippen LogP contribution is 2.29. The van der Waals surface area contributed by atoms with E-state index in [2.05, 4.69) is 11.9 Å². The molecule has 98 valence electrons. The fourth-order valence-corrected chi connectivity index (χ4v) is 1.81. The molecule has 2 aromatic rings. The molecule has 0 radical (unpaired) electrons. The van der Waals surface area contributed by atoms with E-state index < -0.39 is 5.63 Å². The molecule has 1 amide bonds. The first-order valence-corrected chi connectivity index (χ1v) is 5.70. The Morgan fingerprint density at radius 2 is 2.26 bits per heavy atom. The summed E-state index contributed by atoms with van der Waals surface area (Å²) in [6.45, 7) is 4.89. The van der Waals surface area contributed by atoms with Crippen LogP contribution in [0.15, 0.2) is 40.1 Å². The first-order chi connectivity index (χ1) is 9.02. The number of anilines is 1. The Balaban J connectivity index is 2.64. The van der Waals surface area contributed by atoms with E-state index in [4.69, 9.17) is 4.42 Å². The molecule has 1 heterocycles. The second kappa shape index (κ2) is 4.97. The number of carbonyl (C=O) groups excluding carboxylic acids is 1. The Kier molecular flexibility index (Phi) is 3.37. The minimum Gasteiger partial charge on any atom is -0.504 e. The molecule has 1 aromatic heterocycles. The fourth-order valence-electron chi connectivity index (χ4n) is 1.81. The van der Waals surface area contributed by atoms with Crippen LogP contribution in [0, 0.1) is 0 Å². The molecular formula is C14H13NO4. The molecule has 2 rings (SSSR count). The Morgan fingerprint density at radius 3 is 2.89 bits per heavy atom. The van der Waals surface area contributed by atoms with E-state index in [1.807, 2.05) is 0 Å². The summed E-state index contributed by atoms with van der Waals surface area (Å²) in [5, 5.41) is 12.9. The van der Waals surface area contributed by atoms with Crippen LogP contribution in [0.2, 0.25) is 0 Å². The number of benzene rings is 1. The first kappa shape index (κ1) is 12.9. The van der Waals surface area contributed by atoms with E-state index in [1.165, 1.54) is 13.0 Å². The molecular weight excluding hydrogens is 246 g/mol. The van der Waals surface area contributed by atoms with Crippen molar-refractivity contribution in [2.24, 2.45) is 0 Å². The summed E-state index contributed by atoms with van der Waals surface area (Å²) in [4.78, 5) is 22.6. The molecule has 1 aromatic carbocycles. The Bertz CT molecular complexity index is 715. The number of rotatable bonds is 3. The van der Waals surface area contributed by atoms with E-state index in [0.717, 1.165) is 0 Å². The number of amides is 1. The average Bonchev–Trinajstić information content (AvgIpc) is 2.34. The molecule has 0 saturated carbocycles. The number of phenolic OH excluding ortho intramolecular Hbond substituents is 1. The van der Waals surface area contributed by atoms with Gasteiger partial charge in [-0.25, -0.2) is 4.79 Å². The molecule has 0 bridgehead atoms. The van der Waals surface area contributed by atoms with Gasteiger partial charge in [-0.15, -0.1) is 6.58 Å². The third kappa shape index (κ3) is 2.49. The predicted octanol–water partition coefficient (Wildman–Crippen LogP) is 2.19. The van der Waals surface area contributed by atoms with Gasteiger partial charge in [-0.3, -0.25) is 4.79 Å². The van der Waals surface area contributed by atoms with Crippen LogP contribution in [0.3, 0.4) is 0 Å². The second-order valence-corrected chi connectivity index (χ2v) is 4.11. The zero-order chi connectivity index (χ0) is 14.0. The first-order valence-electron chi connectivity index (χ1n) is 5.70. The zero-order valence-electron chi connectivity index (χ0n) is 10.4. The number of phenols is 1. The maximum atomic E-state index is 11.7. The molecule has 5 nitrogen and oxygen atoms in total. The number of aromatic hydroxyl groups is 1. The molecule has 0 atom stereocenters. The van der Waals surface area contributed by atoms with Gasteiger partial charge in [0.05, 0.1) is 0 Å². The van der Waals surface area contributed by atoms with Crippen molar-refractivity contribution in [3.8, 4) is 5.75 Å². The second-order valence-electron chi connectivity index (χ2n) is 4.11. The van der Waals surface area contributed by atoms with Crippen molar-refractivity contribution in [2.45, 2.75) is 13.3 Å². The van der Waals surface area contributed by atoms with Gasteiger partial charge >= 0.3 is 5.63 Å². The standard InChI is InChI=1S/C14H13NO4/c1-3-4-9-5-6-10-7-11(15-8(2)16)14(18)19-13(10)12(9)17/h3,5-7,17H,1,4H2,2H3,(H,15,16). The van der Waals surface area contributed by atoms with Crippen molar-refractivity contribution in [3.05, 3.63) is 46.8 Å². The number of fused-ring (bicyclic) bond motifs is 1. The van der Waals surface area contributed by atoms with Gasteiger partial charge in [0.15, 0.2) is 11.3 Å². The monoisotopic (exact) mass is 259 g/mol. The average molecular weight is 259 g/mol. The summed E-state index contributed by atoms with van der Waals surface area (Å²) in [7, 11) is 0. The highest BCUT2D eigenvalue weighted by Gasteiger charge is 2.12. The van der Waals surface area contributed by atoms with Crippen LogP contribution >= 0.6 is 0 Å². The number of nitrogens with one attached hydrogen (secondary N) is 1. The molecule has 0 aliphatic rings. The predicted molar refractivity (Wildman–Crippen MR) is 72.4 cm³/mol. The van der Waals surface area contributed by atoms with Crippen molar-refractivity contribution in [2.75, 3.05) is 5.32 Å². The highest BCUT2D eigenvalue weighted by atomic mass is 16.4. The third-order valence-corrected chi connectivity index (χ3v) is 2.63. The molecule has 19 heavy (non-hydrogen) atoms. The van der Waals surface area contributed by atoms with Crippen molar-refractivity contribution in [3.63, 3.8) is 0 Å². The quantitative estimate of drug-likeness (QED) is 0.654. The molecule has 5 heteroatoms. The van der Waals surface area contributed by atoms with Crippen molar-refractivity contribution in [1.29, 1.82) is 0 Å². The lowest BCUT2D eigenvalue weighted by Crippen LogP contribution is -2.14. The van der Waals surface area contributed by atoms with Crippen molar-refractivity contribution < 1.29 is 14.3 Å². The van der Waals surface area contributed by atoms with Crippen LogP contribution in [-0.4, -0.2) is 11.0 Å². The van der Waals surface area contributed by atoms with E-state index in [9.17, 15) is 14.7 Å². The number of hydrogen-bond donors (Lipinski definition) is 2. The summed E-state index contributed by atoms with van der Waals surface area (Å²) in [5.41, 5.74) is 0.0843. The third-order valence-electron chi connectivity index (χ3n) is 2.63. The molecule has 0 aliphatic carbocycles. The van der Waals surface area contributed by atoms with Crippen LogP contribution in [0.1, 0.15) is 12.5 Å². The Labute approximate surface area is 109 Å². The lowest BCUT2D eigenvalue weighted by Gasteiger charge is -2.06. The van der Waals surface area contributed by atoms with Crippen LogP contribution in [0.25, 0.3) is 11.0 Å². The van der Waals surface area contributed by atoms with Gasteiger partial charge in [0.1, 0.15) is 5.69 Å². The van der Waals surface area contributed by atoms with Crippen molar-refractivity contribution >= 4 is 22.6 Å². The topological polar surface area (TPSA) is 79.5 Å². The molecule has 2 N–H and O–H groups in total. The summed E-state index contributed by atoms with van der Waals surface area (Å²) in [5.74, 6) is -0.442. The van der Waals surface area contributed by atoms with Crippen LogP contribution in [0.5, 0.6) is 5.75 Å². The van der Waals surface area contributed by atoms with Gasteiger partial charge in [0.2, 0.25) is 5.91 Å². The minimum absolute atomic E-state index is 0.0517. The SMILES string of the molecule is C=CCc1ccc2cc(NC(C)=O)c(=O)oc2c1O. The maximum Gasteiger partial charge on any atom is 0.360 e. The summed E-state index contributed by atoms with van der Waals surface area (Å²) < 4.78 is 5.06. The van der Waals surface area contributed by atoms with Gasteiger partial charge in [-0.2, -0.15) is 0 Å². The lowest BCUT2D eigenvalue weighted by atomic mass is 10.1. The highest BCUT2D eigenvalue weighted by molar-refractivity contribution is 5.92. The normalized spacial score (nSPS) is 10.4. The summed E-state index contributed by atoms with van der Waals surface area (Å²) in [6, 6.07) is 4.90. The summed E-state index contributed by atoms with van der Waals surface area (Å²) in [6.07, 6.45) is 2.11. The Morgan fingerprint density at radius 1 is 1.53 bits per heavy atom. The van der Waals surface area contributed by atoms with E-state index in [1.54, 1.807) is 18.2 Å². The molecule has 0 spiro atoms. The number of carbonyl (C=O) groups is 1. The van der Waals surface area contributed by atoms with Gasteiger partial charge in [0, 0.05) is 17.9 Å². The smallest absolute Gasteiger partial charge is 0.360 e. The largest absolute Gasteiger partial charge is 0.504 e. The van der Waals surface area contributed by atoms with Gasteiger partial charge in [-0.05, 0) is 12.5 Å². The van der Waals surface area contributed by atoms with E-state index in [0.29, 0.717) is 17.4 Å². The number of hydrogen-bond acceptors (Lipinski definition) is 4. The Hall–Kier alpha value is -2.56. The molecule has 0 fully saturated rings. The van der Waals surface area contributed by atoms with Crippen LogP contribution in [-0.2, 0) is 11.2 Å². The molecule has 0 aliphatic heterocycles. The molecule has 0 saturated heterocycles. The zero-order valence-corrected chi connectivity index (χ0v) is 10.4. The van der Waals surface area contributed by atoms with Crippen LogP contribution in [0.4, 0.5) is 5.69 Å². The maximum absolute atomic E-state index is 11.7. The van der Waals surface area contributed by atoms with E-state index >= 15 is 0 Å². The fraction of sp³-hybridized carbons (Fsp3) is 0.143. The lowest BCUT2D eigenvalue weighted by molar-refractivity contribution is -0.114. The van der Waals surface area contributed by atoms with Crippen molar-refractivity contribution in [1.82, 2.24) is 0 Å². The molecule has 0 unspecified atom stereocenters. The number of allylic oxidation sites excluding steroid dienone is 1. The minimum atomic E-state index is -0.700. The van der Waals surface area contributed by atoms with Gasteiger partial charge < -0.3 is 14.8 Å². The van der Waals surface area contributed by atoms with Gasteiger partial charge in [0.25, 0.3) is 0 Å². The summed E-state index contributed by atoms with van der Waals surface area (Å²) >= 11 is 0.